The molecule has 0 amide bonds. The summed E-state index contributed by atoms with van der Waals surface area (Å²) in [6, 6.07) is 22.3. The molecule has 0 heterocycles. The van der Waals surface area contributed by atoms with Crippen molar-refractivity contribution in [1.82, 2.24) is 0 Å². The highest BCUT2D eigenvalue weighted by Crippen LogP contribution is 1.92. The summed E-state index contributed by atoms with van der Waals surface area (Å²) in [6.45, 7) is 2.08. The van der Waals surface area contributed by atoms with Gasteiger partial charge in [0, 0.05) is 0 Å². The molecule has 0 bridgehead atoms. The van der Waals surface area contributed by atoms with E-state index in [0.29, 0.717) is 0 Å². The van der Waals surface area contributed by atoms with E-state index in [0.717, 1.165) is 12.2 Å². The Hall–Kier alpha value is -2.80. The average molecular weight is 256 g/mol. The molecule has 2 aromatic rings. The number of benzene rings is 2. The van der Waals surface area contributed by atoms with E-state index < -0.39 is 0 Å². The number of isocyanates is 2. The second-order valence-electron chi connectivity index (χ2n) is 3.01. The Labute approximate surface area is 112 Å². The Bertz CT molecular complexity index is 419. The minimum atomic E-state index is 0.750. The number of rotatable bonds is 0. The second kappa shape index (κ2) is 17.6. The first-order chi connectivity index (χ1) is 9.22. The van der Waals surface area contributed by atoms with Crippen LogP contribution in [-0.4, -0.2) is 12.2 Å². The molecule has 0 aliphatic carbocycles. The predicted octanol–water partition coefficient (Wildman–Crippen LogP) is 3.48. The lowest BCUT2D eigenvalue weighted by Crippen LogP contribution is -1.62. The fourth-order valence-electron chi connectivity index (χ4n) is 0.919. The SMILES string of the molecule is Cc1ccccc1.N=C=O.N=C=O.c1ccccc1. The molecule has 0 aliphatic rings. The van der Waals surface area contributed by atoms with E-state index in [1.54, 1.807) is 0 Å². The fourth-order valence-corrected chi connectivity index (χ4v) is 0.919. The van der Waals surface area contributed by atoms with Crippen LogP contribution in [0.2, 0.25) is 0 Å². The minimum Gasteiger partial charge on any atom is -0.222 e. The first-order valence-corrected chi connectivity index (χ1v) is 5.32. The van der Waals surface area contributed by atoms with Crippen molar-refractivity contribution in [3.05, 3.63) is 72.3 Å². The van der Waals surface area contributed by atoms with E-state index in [2.05, 4.69) is 19.1 Å². The van der Waals surface area contributed by atoms with Crippen LogP contribution in [0.1, 0.15) is 5.56 Å². The van der Waals surface area contributed by atoms with Crippen LogP contribution in [0.4, 0.5) is 0 Å². The Morgan fingerprint density at radius 3 is 1.05 bits per heavy atom. The summed E-state index contributed by atoms with van der Waals surface area (Å²) in [6.07, 6.45) is 1.50. The zero-order valence-corrected chi connectivity index (χ0v) is 10.7. The van der Waals surface area contributed by atoms with Gasteiger partial charge >= 0.3 is 0 Å². The summed E-state index contributed by atoms with van der Waals surface area (Å²) in [5.74, 6) is 0. The van der Waals surface area contributed by atoms with E-state index in [9.17, 15) is 0 Å². The predicted molar refractivity (Wildman–Crippen MR) is 74.4 cm³/mol. The third-order valence-electron chi connectivity index (χ3n) is 1.61. The van der Waals surface area contributed by atoms with Crippen LogP contribution in [0.5, 0.6) is 0 Å². The lowest BCUT2D eigenvalue weighted by Gasteiger charge is -1.82. The molecule has 0 saturated heterocycles. The fraction of sp³-hybridized carbons (Fsp3) is 0.0667. The van der Waals surface area contributed by atoms with Crippen molar-refractivity contribution < 1.29 is 9.59 Å². The second-order valence-corrected chi connectivity index (χ2v) is 3.01. The molecule has 2 aromatic carbocycles. The molecular weight excluding hydrogens is 240 g/mol. The van der Waals surface area contributed by atoms with Gasteiger partial charge in [-0.2, -0.15) is 0 Å². The topological polar surface area (TPSA) is 81.8 Å². The first kappa shape index (κ1) is 18.6. The molecule has 0 aromatic heterocycles. The van der Waals surface area contributed by atoms with Gasteiger partial charge in [0.05, 0.1) is 0 Å². The van der Waals surface area contributed by atoms with E-state index >= 15 is 0 Å². The van der Waals surface area contributed by atoms with Gasteiger partial charge < -0.3 is 0 Å². The lowest BCUT2D eigenvalue weighted by atomic mass is 10.2. The Kier molecular flexibility index (Phi) is 17.2. The van der Waals surface area contributed by atoms with Gasteiger partial charge in [-0.15, -0.1) is 0 Å². The van der Waals surface area contributed by atoms with Crippen LogP contribution in [0.25, 0.3) is 0 Å². The monoisotopic (exact) mass is 256 g/mol. The third-order valence-corrected chi connectivity index (χ3v) is 1.61. The maximum absolute atomic E-state index is 8.35. The molecule has 19 heavy (non-hydrogen) atoms. The van der Waals surface area contributed by atoms with Crippen molar-refractivity contribution in [2.24, 2.45) is 0 Å². The van der Waals surface area contributed by atoms with Crippen LogP contribution in [0.3, 0.4) is 0 Å². The molecule has 0 spiro atoms. The molecule has 0 saturated carbocycles. The summed E-state index contributed by atoms with van der Waals surface area (Å²) in [5, 5.41) is 10.8. The van der Waals surface area contributed by atoms with E-state index in [4.69, 9.17) is 20.4 Å². The Morgan fingerprint density at radius 2 is 0.895 bits per heavy atom. The minimum absolute atomic E-state index is 0.750. The molecule has 2 N–H and O–H groups in total. The van der Waals surface area contributed by atoms with Gasteiger partial charge in [0.2, 0.25) is 12.2 Å². The largest absolute Gasteiger partial charge is 0.231 e. The average Bonchev–Trinajstić information content (AvgIpc) is 2.44. The molecule has 0 radical (unpaired) electrons. The maximum Gasteiger partial charge on any atom is 0.231 e. The zero-order valence-electron chi connectivity index (χ0n) is 10.7. The van der Waals surface area contributed by atoms with Gasteiger partial charge in [0.15, 0.2) is 0 Å². The van der Waals surface area contributed by atoms with Crippen molar-refractivity contribution in [2.75, 3.05) is 0 Å². The smallest absolute Gasteiger partial charge is 0.222 e. The third kappa shape index (κ3) is 21.1. The van der Waals surface area contributed by atoms with Gasteiger partial charge in [-0.3, -0.25) is 0 Å². The van der Waals surface area contributed by atoms with Crippen molar-refractivity contribution in [2.45, 2.75) is 6.92 Å². The highest BCUT2D eigenvalue weighted by molar-refractivity contribution is 5.26. The number of hydrogen-bond acceptors (Lipinski definition) is 4. The lowest BCUT2D eigenvalue weighted by molar-refractivity contribution is 0.562. The standard InChI is InChI=1S/C7H8.C6H6.2CHNO/c1-7-5-3-2-4-6-7;1-2-4-6-5-3-1;2*2-1-3/h2-6H,1H3;1-6H;2*2H. The van der Waals surface area contributed by atoms with Gasteiger partial charge in [-0.05, 0) is 6.92 Å². The highest BCUT2D eigenvalue weighted by Gasteiger charge is 1.72. The first-order valence-electron chi connectivity index (χ1n) is 5.32. The quantitative estimate of drug-likeness (QED) is 0.558. The van der Waals surface area contributed by atoms with Crippen LogP contribution in [0.15, 0.2) is 66.7 Å². The van der Waals surface area contributed by atoms with Crippen LogP contribution in [-0.2, 0) is 9.59 Å². The summed E-state index contributed by atoms with van der Waals surface area (Å²) < 4.78 is 0. The van der Waals surface area contributed by atoms with E-state index in [-0.39, 0.29) is 0 Å². The summed E-state index contributed by atoms with van der Waals surface area (Å²) in [5.41, 5.74) is 1.32. The van der Waals surface area contributed by atoms with Gasteiger partial charge in [-0.25, -0.2) is 20.4 Å². The van der Waals surface area contributed by atoms with Crippen molar-refractivity contribution in [1.29, 1.82) is 10.8 Å². The van der Waals surface area contributed by atoms with Crippen LogP contribution in [0, 0.1) is 17.7 Å². The van der Waals surface area contributed by atoms with Crippen LogP contribution < -0.4 is 0 Å². The molecule has 0 aliphatic heterocycles. The summed E-state index contributed by atoms with van der Waals surface area (Å²) in [7, 11) is 0. The number of hydrogen-bond donors (Lipinski definition) is 2. The van der Waals surface area contributed by atoms with Crippen molar-refractivity contribution in [3.63, 3.8) is 0 Å². The van der Waals surface area contributed by atoms with Gasteiger partial charge in [0.1, 0.15) is 0 Å². The molecule has 4 heteroatoms. The number of aryl methyl sites for hydroxylation is 1. The summed E-state index contributed by atoms with van der Waals surface area (Å²) in [4.78, 5) is 16.7. The molecule has 0 unspecified atom stereocenters. The molecule has 98 valence electrons. The normalized spacial score (nSPS) is 6.58. The van der Waals surface area contributed by atoms with Crippen LogP contribution >= 0.6 is 0 Å². The van der Waals surface area contributed by atoms with Gasteiger partial charge in [-0.1, -0.05) is 72.3 Å². The van der Waals surface area contributed by atoms with Crippen molar-refractivity contribution in [3.8, 4) is 0 Å². The Balaban J connectivity index is 0. The Morgan fingerprint density at radius 1 is 0.684 bits per heavy atom. The highest BCUT2D eigenvalue weighted by atomic mass is 16.1. The molecule has 2 rings (SSSR count). The van der Waals surface area contributed by atoms with E-state index in [1.807, 2.05) is 54.6 Å². The molecular formula is C15H16N2O2. The van der Waals surface area contributed by atoms with E-state index in [1.165, 1.54) is 5.56 Å². The van der Waals surface area contributed by atoms with Gasteiger partial charge in [0.25, 0.3) is 0 Å². The van der Waals surface area contributed by atoms with Crippen molar-refractivity contribution >= 4 is 12.2 Å². The molecule has 4 nitrogen and oxygen atoms in total. The maximum atomic E-state index is 8.35. The summed E-state index contributed by atoms with van der Waals surface area (Å²) >= 11 is 0. The zero-order chi connectivity index (χ0) is 14.8. The molecule has 0 atom stereocenters. The number of nitrogens with one attached hydrogen (secondary N) is 2. The number of carbonyl (C=O) groups excluding carboxylic acids is 2. The molecule has 0 fully saturated rings.